The first-order valence-electron chi connectivity index (χ1n) is 22.8. The van der Waals surface area contributed by atoms with Crippen molar-refractivity contribution in [3.63, 3.8) is 0 Å². The number of allylic oxidation sites excluding steroid dienone is 16. The van der Waals surface area contributed by atoms with Crippen molar-refractivity contribution in [2.75, 3.05) is 13.2 Å². The van der Waals surface area contributed by atoms with Crippen molar-refractivity contribution in [1.82, 2.24) is 0 Å². The van der Waals surface area contributed by atoms with E-state index in [4.69, 9.17) is 14.2 Å². The number of unbranched alkanes of at least 4 members (excludes halogenated alkanes) is 17. The van der Waals surface area contributed by atoms with Crippen LogP contribution in [0.25, 0.3) is 0 Å². The van der Waals surface area contributed by atoms with Gasteiger partial charge >= 0.3 is 17.9 Å². The van der Waals surface area contributed by atoms with Gasteiger partial charge in [-0.3, -0.25) is 14.4 Å². The van der Waals surface area contributed by atoms with Gasteiger partial charge in [0.25, 0.3) is 0 Å². The van der Waals surface area contributed by atoms with Crippen molar-refractivity contribution in [2.24, 2.45) is 0 Å². The molecule has 6 heteroatoms. The van der Waals surface area contributed by atoms with Crippen molar-refractivity contribution in [2.45, 2.75) is 194 Å². The molecule has 0 aromatic rings. The normalized spacial score (nSPS) is 13.0. The second-order valence-electron chi connectivity index (χ2n) is 14.7. The summed E-state index contributed by atoms with van der Waals surface area (Å²) in [5.41, 5.74) is 0. The molecule has 322 valence electrons. The van der Waals surface area contributed by atoms with Crippen LogP contribution in [-0.4, -0.2) is 37.2 Å². The van der Waals surface area contributed by atoms with E-state index >= 15 is 0 Å². The zero-order chi connectivity index (χ0) is 41.5. The number of ether oxygens (including phenoxy) is 3. The summed E-state index contributed by atoms with van der Waals surface area (Å²) in [6.45, 7) is 6.25. The van der Waals surface area contributed by atoms with Crippen molar-refractivity contribution >= 4 is 17.9 Å². The van der Waals surface area contributed by atoms with Crippen LogP contribution in [0.2, 0.25) is 0 Å². The summed E-state index contributed by atoms with van der Waals surface area (Å²) in [4.78, 5) is 37.8. The minimum absolute atomic E-state index is 0.104. The maximum Gasteiger partial charge on any atom is 0.306 e. The van der Waals surface area contributed by atoms with Gasteiger partial charge in [-0.2, -0.15) is 0 Å². The SMILES string of the molecule is CC\C=C/C=C\C=C/C=C\CCCCCC(=O)OC(COC(=O)CCCCCCC/C=C\CCCC)COC(=O)CCCCCCCCC\C=C/C=C\C=C/CC. The summed E-state index contributed by atoms with van der Waals surface area (Å²) in [5.74, 6) is -0.975. The molecule has 0 aliphatic heterocycles. The Balaban J connectivity index is 4.49. The van der Waals surface area contributed by atoms with Crippen LogP contribution in [0, 0.1) is 0 Å². The Morgan fingerprint density at radius 2 is 0.702 bits per heavy atom. The summed E-state index contributed by atoms with van der Waals surface area (Å²) in [6, 6.07) is 0. The number of hydrogen-bond donors (Lipinski definition) is 0. The van der Waals surface area contributed by atoms with Gasteiger partial charge in [0.1, 0.15) is 13.2 Å². The molecule has 57 heavy (non-hydrogen) atoms. The third kappa shape index (κ3) is 43.3. The van der Waals surface area contributed by atoms with Gasteiger partial charge in [0.15, 0.2) is 6.10 Å². The van der Waals surface area contributed by atoms with E-state index in [1.807, 2.05) is 36.5 Å². The Morgan fingerprint density at radius 1 is 0.368 bits per heavy atom. The number of carbonyl (C=O) groups is 3. The van der Waals surface area contributed by atoms with E-state index in [-0.39, 0.29) is 37.5 Å². The molecule has 0 aliphatic rings. The summed E-state index contributed by atoms with van der Waals surface area (Å²) in [6.07, 6.45) is 58.2. The molecule has 0 heterocycles. The fourth-order valence-electron chi connectivity index (χ4n) is 5.78. The Kier molecular flexibility index (Phi) is 42.1. The predicted octanol–water partition coefficient (Wildman–Crippen LogP) is 14.6. The van der Waals surface area contributed by atoms with Crippen LogP contribution in [0.5, 0.6) is 0 Å². The molecule has 6 nitrogen and oxygen atoms in total. The lowest BCUT2D eigenvalue weighted by atomic mass is 10.1. The van der Waals surface area contributed by atoms with E-state index in [1.165, 1.54) is 51.4 Å². The molecule has 1 unspecified atom stereocenters. The van der Waals surface area contributed by atoms with Gasteiger partial charge in [-0.05, 0) is 77.0 Å². The van der Waals surface area contributed by atoms with Crippen LogP contribution < -0.4 is 0 Å². The quantitative estimate of drug-likeness (QED) is 0.0203. The molecule has 0 radical (unpaired) electrons. The molecule has 0 aliphatic carbocycles. The fraction of sp³-hybridized carbons (Fsp3) is 0.627. The third-order valence-corrected chi connectivity index (χ3v) is 9.21. The highest BCUT2D eigenvalue weighted by molar-refractivity contribution is 5.71. The zero-order valence-electron chi connectivity index (χ0n) is 36.6. The third-order valence-electron chi connectivity index (χ3n) is 9.21. The molecular weight excluding hydrogens is 709 g/mol. The van der Waals surface area contributed by atoms with Crippen molar-refractivity contribution in [3.05, 3.63) is 97.2 Å². The molecule has 0 aromatic carbocycles. The lowest BCUT2D eigenvalue weighted by Gasteiger charge is -2.18. The van der Waals surface area contributed by atoms with Crippen molar-refractivity contribution in [1.29, 1.82) is 0 Å². The Morgan fingerprint density at radius 3 is 1.14 bits per heavy atom. The summed E-state index contributed by atoms with van der Waals surface area (Å²) >= 11 is 0. The van der Waals surface area contributed by atoms with Crippen LogP contribution in [0.15, 0.2) is 97.2 Å². The molecule has 0 rings (SSSR count). The van der Waals surface area contributed by atoms with Crippen molar-refractivity contribution < 1.29 is 28.6 Å². The monoisotopic (exact) mass is 791 g/mol. The molecule has 0 N–H and O–H groups in total. The van der Waals surface area contributed by atoms with Gasteiger partial charge in [-0.15, -0.1) is 0 Å². The highest BCUT2D eigenvalue weighted by atomic mass is 16.6. The van der Waals surface area contributed by atoms with E-state index in [0.29, 0.717) is 19.3 Å². The first kappa shape index (κ1) is 53.3. The maximum absolute atomic E-state index is 12.7. The van der Waals surface area contributed by atoms with Crippen LogP contribution in [-0.2, 0) is 28.6 Å². The summed E-state index contributed by atoms with van der Waals surface area (Å²) in [7, 11) is 0. The number of esters is 3. The van der Waals surface area contributed by atoms with Crippen LogP contribution in [0.3, 0.4) is 0 Å². The maximum atomic E-state index is 12.7. The Hall–Kier alpha value is -3.67. The van der Waals surface area contributed by atoms with Gasteiger partial charge in [-0.25, -0.2) is 0 Å². The molecule has 0 aromatic heterocycles. The van der Waals surface area contributed by atoms with E-state index in [2.05, 4.69) is 81.5 Å². The number of hydrogen-bond acceptors (Lipinski definition) is 6. The average Bonchev–Trinajstić information content (AvgIpc) is 3.21. The molecule has 1 atom stereocenters. The van der Waals surface area contributed by atoms with Crippen LogP contribution in [0.1, 0.15) is 188 Å². The second kappa shape index (κ2) is 45.0. The van der Waals surface area contributed by atoms with Crippen LogP contribution in [0.4, 0.5) is 0 Å². The van der Waals surface area contributed by atoms with Crippen LogP contribution >= 0.6 is 0 Å². The van der Waals surface area contributed by atoms with Gasteiger partial charge in [0.2, 0.25) is 0 Å². The Bertz CT molecular complexity index is 1180. The van der Waals surface area contributed by atoms with E-state index in [0.717, 1.165) is 89.9 Å². The molecule has 0 spiro atoms. The molecule has 0 fully saturated rings. The van der Waals surface area contributed by atoms with Gasteiger partial charge in [-0.1, -0.05) is 189 Å². The molecular formula is C51H82O6. The van der Waals surface area contributed by atoms with Gasteiger partial charge in [0.05, 0.1) is 0 Å². The smallest absolute Gasteiger partial charge is 0.306 e. The zero-order valence-corrected chi connectivity index (χ0v) is 36.6. The van der Waals surface area contributed by atoms with Crippen molar-refractivity contribution in [3.8, 4) is 0 Å². The van der Waals surface area contributed by atoms with E-state index in [1.54, 1.807) is 0 Å². The number of rotatable bonds is 39. The average molecular weight is 791 g/mol. The molecule has 0 saturated carbocycles. The molecule has 0 saturated heterocycles. The second-order valence-corrected chi connectivity index (χ2v) is 14.7. The summed E-state index contributed by atoms with van der Waals surface area (Å²) < 4.78 is 16.7. The topological polar surface area (TPSA) is 78.9 Å². The first-order chi connectivity index (χ1) is 28.0. The lowest BCUT2D eigenvalue weighted by molar-refractivity contribution is -0.167. The van der Waals surface area contributed by atoms with Gasteiger partial charge in [0, 0.05) is 19.3 Å². The highest BCUT2D eigenvalue weighted by Crippen LogP contribution is 2.13. The predicted molar refractivity (Wildman–Crippen MR) is 242 cm³/mol. The van der Waals surface area contributed by atoms with E-state index in [9.17, 15) is 14.4 Å². The van der Waals surface area contributed by atoms with E-state index < -0.39 is 6.10 Å². The minimum atomic E-state index is -0.805. The molecule has 0 bridgehead atoms. The minimum Gasteiger partial charge on any atom is -0.462 e. The summed E-state index contributed by atoms with van der Waals surface area (Å²) in [5, 5.41) is 0. The number of carbonyl (C=O) groups excluding carboxylic acids is 3. The Labute approximate surface area is 349 Å². The lowest BCUT2D eigenvalue weighted by Crippen LogP contribution is -2.30. The van der Waals surface area contributed by atoms with Gasteiger partial charge < -0.3 is 14.2 Å². The fourth-order valence-corrected chi connectivity index (χ4v) is 5.78. The first-order valence-corrected chi connectivity index (χ1v) is 22.8. The largest absolute Gasteiger partial charge is 0.462 e. The molecule has 0 amide bonds. The standard InChI is InChI=1S/C51H82O6/c1-4-7-10-13-16-19-22-24-25-27-29-32-35-38-41-44-50(53)56-47-48(46-55-49(52)43-40-37-34-31-28-21-18-15-12-9-6-3)57-51(54)45-42-39-36-33-30-26-23-20-17-14-11-8-5-2/h7-8,10-11,13-20,22-23,26,30,48H,4-6,9,12,21,24-25,27-29,31-47H2,1-3H3/b10-7-,11-8-,16-13-,17-14-,18-15-,22-19-,23-20-,30-26-. The highest BCUT2D eigenvalue weighted by Gasteiger charge is 2.19.